The maximum Gasteiger partial charge on any atom is 0.230 e. The first kappa shape index (κ1) is 17.8. The van der Waals surface area contributed by atoms with Crippen molar-refractivity contribution < 1.29 is 4.79 Å². The fourth-order valence-corrected chi connectivity index (χ4v) is 5.43. The lowest BCUT2D eigenvalue weighted by molar-refractivity contribution is -0.118. The zero-order chi connectivity index (χ0) is 17.9. The molecule has 3 aromatic rings. The van der Waals surface area contributed by atoms with Gasteiger partial charge in [-0.3, -0.25) is 4.79 Å². The summed E-state index contributed by atoms with van der Waals surface area (Å²) in [6.45, 7) is 0.504. The van der Waals surface area contributed by atoms with E-state index >= 15 is 0 Å². The summed E-state index contributed by atoms with van der Waals surface area (Å²) in [6, 6.07) is 7.49. The van der Waals surface area contributed by atoms with Crippen molar-refractivity contribution in [3.63, 3.8) is 0 Å². The monoisotopic (exact) mass is 403 g/mol. The Labute approximate surface area is 165 Å². The molecule has 1 N–H and O–H groups in total. The van der Waals surface area contributed by atoms with E-state index in [0.717, 1.165) is 28.3 Å². The lowest BCUT2D eigenvalue weighted by Crippen LogP contribution is -2.24. The summed E-state index contributed by atoms with van der Waals surface area (Å²) in [5.41, 5.74) is 2.44. The molecule has 4 nitrogen and oxygen atoms in total. The molecule has 0 spiro atoms. The minimum atomic E-state index is 0.000750. The van der Waals surface area contributed by atoms with Crippen LogP contribution < -0.4 is 5.32 Å². The number of nitrogens with zero attached hydrogens (tertiary/aromatic N) is 2. The summed E-state index contributed by atoms with van der Waals surface area (Å²) in [4.78, 5) is 23.6. The molecule has 0 atom stereocenters. The number of carbonyl (C=O) groups excluding carboxylic acids is 1. The molecule has 134 valence electrons. The van der Waals surface area contributed by atoms with Crippen molar-refractivity contribution >= 4 is 50.8 Å². The van der Waals surface area contributed by atoms with Crippen LogP contribution in [0.2, 0.25) is 5.02 Å². The molecule has 2 aromatic heterocycles. The Balaban J connectivity index is 1.42. The number of rotatable bonds is 5. The van der Waals surface area contributed by atoms with E-state index in [-0.39, 0.29) is 5.91 Å². The Morgan fingerprint density at radius 1 is 1.19 bits per heavy atom. The van der Waals surface area contributed by atoms with Gasteiger partial charge in [0.1, 0.15) is 16.2 Å². The van der Waals surface area contributed by atoms with Crippen molar-refractivity contribution in [3.05, 3.63) is 51.6 Å². The van der Waals surface area contributed by atoms with Crippen LogP contribution in [0.15, 0.2) is 35.6 Å². The van der Waals surface area contributed by atoms with E-state index in [1.165, 1.54) is 40.4 Å². The molecule has 2 heterocycles. The first-order valence-electron chi connectivity index (χ1n) is 8.60. The maximum absolute atomic E-state index is 12.2. The minimum absolute atomic E-state index is 0.000750. The van der Waals surface area contributed by atoms with Gasteiger partial charge in [-0.1, -0.05) is 35.5 Å². The first-order valence-corrected chi connectivity index (χ1v) is 10.8. The number of carbonyl (C=O) groups is 1. The van der Waals surface area contributed by atoms with Gasteiger partial charge < -0.3 is 5.32 Å². The van der Waals surface area contributed by atoms with Gasteiger partial charge in [-0.2, -0.15) is 0 Å². The first-order chi connectivity index (χ1) is 12.7. The van der Waals surface area contributed by atoms with E-state index in [4.69, 9.17) is 11.6 Å². The van der Waals surface area contributed by atoms with Crippen molar-refractivity contribution in [2.45, 2.75) is 37.3 Å². The van der Waals surface area contributed by atoms with Gasteiger partial charge in [0, 0.05) is 21.8 Å². The summed E-state index contributed by atoms with van der Waals surface area (Å²) in [5.74, 6) is 0.352. The summed E-state index contributed by atoms with van der Waals surface area (Å²) >= 11 is 9.16. The zero-order valence-corrected chi connectivity index (χ0v) is 16.5. The number of amides is 1. The minimum Gasteiger partial charge on any atom is -0.351 e. The van der Waals surface area contributed by atoms with Crippen molar-refractivity contribution in [2.24, 2.45) is 0 Å². The second-order valence-electron chi connectivity index (χ2n) is 6.26. The second kappa shape index (κ2) is 7.94. The van der Waals surface area contributed by atoms with Crippen LogP contribution in [0.1, 0.15) is 28.8 Å². The molecule has 26 heavy (non-hydrogen) atoms. The lowest BCUT2D eigenvalue weighted by Gasteiger charge is -2.11. The fraction of sp³-hybridized carbons (Fsp3) is 0.316. The van der Waals surface area contributed by atoms with E-state index < -0.39 is 0 Å². The van der Waals surface area contributed by atoms with Gasteiger partial charge in [0.2, 0.25) is 5.91 Å². The van der Waals surface area contributed by atoms with E-state index in [9.17, 15) is 4.79 Å². The number of hydrogen-bond donors (Lipinski definition) is 1. The average molecular weight is 404 g/mol. The van der Waals surface area contributed by atoms with Crippen molar-refractivity contribution in [1.29, 1.82) is 0 Å². The predicted molar refractivity (Wildman–Crippen MR) is 108 cm³/mol. The highest BCUT2D eigenvalue weighted by Gasteiger charge is 2.20. The topological polar surface area (TPSA) is 54.9 Å². The number of hydrogen-bond acceptors (Lipinski definition) is 5. The van der Waals surface area contributed by atoms with Crippen molar-refractivity contribution in [2.75, 3.05) is 5.75 Å². The third-order valence-corrected chi connectivity index (χ3v) is 6.90. The van der Waals surface area contributed by atoms with Gasteiger partial charge in [0.05, 0.1) is 5.75 Å². The van der Waals surface area contributed by atoms with Gasteiger partial charge in [-0.25, -0.2) is 9.97 Å². The van der Waals surface area contributed by atoms with Crippen LogP contribution in [0.25, 0.3) is 10.2 Å². The zero-order valence-electron chi connectivity index (χ0n) is 14.1. The lowest BCUT2D eigenvalue weighted by atomic mass is 9.97. The molecule has 0 saturated heterocycles. The van der Waals surface area contributed by atoms with Crippen LogP contribution in [-0.2, 0) is 24.2 Å². The highest BCUT2D eigenvalue weighted by Crippen LogP contribution is 2.39. The highest BCUT2D eigenvalue weighted by atomic mass is 35.5. The van der Waals surface area contributed by atoms with Gasteiger partial charge in [-0.05, 0) is 48.9 Å². The van der Waals surface area contributed by atoms with Crippen LogP contribution >= 0.6 is 34.7 Å². The van der Waals surface area contributed by atoms with Crippen molar-refractivity contribution in [3.8, 4) is 0 Å². The van der Waals surface area contributed by atoms with E-state index in [1.54, 1.807) is 17.7 Å². The average Bonchev–Trinajstić information content (AvgIpc) is 3.05. The van der Waals surface area contributed by atoms with Crippen molar-refractivity contribution in [1.82, 2.24) is 15.3 Å². The number of aromatic nitrogens is 2. The molecule has 0 fully saturated rings. The second-order valence-corrected chi connectivity index (χ2v) is 8.75. The van der Waals surface area contributed by atoms with E-state index in [2.05, 4.69) is 15.3 Å². The normalized spacial score (nSPS) is 13.6. The molecule has 0 unspecified atom stereocenters. The molecular formula is C19H18ClN3OS2. The van der Waals surface area contributed by atoms with Gasteiger partial charge in [0.15, 0.2) is 0 Å². The summed E-state index contributed by atoms with van der Waals surface area (Å²) < 4.78 is 0. The largest absolute Gasteiger partial charge is 0.351 e. The summed E-state index contributed by atoms with van der Waals surface area (Å²) in [6.07, 6.45) is 6.32. The molecule has 0 bridgehead atoms. The molecule has 0 saturated carbocycles. The number of thiophene rings is 1. The Hall–Kier alpha value is -1.63. The number of benzene rings is 1. The van der Waals surface area contributed by atoms with Crippen LogP contribution in [0.5, 0.6) is 0 Å². The molecule has 1 aliphatic carbocycles. The fourth-order valence-electron chi connectivity index (χ4n) is 3.16. The Kier molecular flexibility index (Phi) is 5.43. The molecule has 1 amide bonds. The standard InChI is InChI=1S/C19H18ClN3OS2/c20-13-7-5-12(6-8-13)9-21-16(24)10-25-18-17-14-3-1-2-4-15(14)26-19(17)23-11-22-18/h5-8,11H,1-4,9-10H2,(H,21,24). The Bertz CT molecular complexity index is 940. The highest BCUT2D eigenvalue weighted by molar-refractivity contribution is 8.00. The summed E-state index contributed by atoms with van der Waals surface area (Å²) in [5, 5.41) is 5.74. The van der Waals surface area contributed by atoms with Gasteiger partial charge in [-0.15, -0.1) is 11.3 Å². The molecule has 1 aromatic carbocycles. The quantitative estimate of drug-likeness (QED) is 0.498. The number of fused-ring (bicyclic) bond motifs is 3. The van der Waals surface area contributed by atoms with Crippen LogP contribution in [0, 0.1) is 0 Å². The SMILES string of the molecule is O=C(CSc1ncnc2sc3c(c12)CCCC3)NCc1ccc(Cl)cc1. The van der Waals surface area contributed by atoms with Gasteiger partial charge in [0.25, 0.3) is 0 Å². The Morgan fingerprint density at radius 3 is 2.85 bits per heavy atom. The molecule has 0 aliphatic heterocycles. The third-order valence-electron chi connectivity index (χ3n) is 4.46. The molecular weight excluding hydrogens is 386 g/mol. The van der Waals surface area contributed by atoms with Crippen LogP contribution in [0.4, 0.5) is 0 Å². The van der Waals surface area contributed by atoms with Crippen LogP contribution in [0.3, 0.4) is 0 Å². The van der Waals surface area contributed by atoms with E-state index in [0.29, 0.717) is 17.3 Å². The Morgan fingerprint density at radius 2 is 2.00 bits per heavy atom. The van der Waals surface area contributed by atoms with E-state index in [1.807, 2.05) is 24.3 Å². The predicted octanol–water partition coefficient (Wildman–Crippen LogP) is 4.63. The third kappa shape index (κ3) is 3.87. The molecule has 0 radical (unpaired) electrons. The number of aryl methyl sites for hydroxylation is 2. The summed E-state index contributed by atoms with van der Waals surface area (Å²) in [7, 11) is 0. The molecule has 1 aliphatic rings. The number of nitrogens with one attached hydrogen (secondary N) is 1. The maximum atomic E-state index is 12.2. The number of halogens is 1. The molecule has 4 rings (SSSR count). The smallest absolute Gasteiger partial charge is 0.230 e. The molecule has 7 heteroatoms. The van der Waals surface area contributed by atoms with Crippen LogP contribution in [-0.4, -0.2) is 21.6 Å². The number of thioether (sulfide) groups is 1. The van der Waals surface area contributed by atoms with Gasteiger partial charge >= 0.3 is 0 Å².